The minimum Gasteiger partial charge on any atom is -0.320 e. The average molecular weight is 438 g/mol. The highest BCUT2D eigenvalue weighted by Gasteiger charge is 2.32. The Kier molecular flexibility index (Phi) is 5.85. The number of sulfonamides is 1. The van der Waals surface area contributed by atoms with Crippen LogP contribution in [0.5, 0.6) is 0 Å². The van der Waals surface area contributed by atoms with E-state index in [1.54, 1.807) is 0 Å². The van der Waals surface area contributed by atoms with Crippen molar-refractivity contribution in [2.45, 2.75) is 6.18 Å². The summed E-state index contributed by atoms with van der Waals surface area (Å²) in [5, 5.41) is 13.1. The Hall–Kier alpha value is -2.86. The van der Waals surface area contributed by atoms with Gasteiger partial charge in [0, 0.05) is 11.1 Å². The molecule has 0 aromatic heterocycles. The second-order valence-electron chi connectivity index (χ2n) is 5.51. The Balaban J connectivity index is 2.51. The molecule has 0 aliphatic carbocycles. The molecular weight excluding hydrogens is 427 g/mol. The van der Waals surface area contributed by atoms with Gasteiger partial charge in [-0.3, -0.25) is 19.6 Å². The molecule has 28 heavy (non-hydrogen) atoms. The fourth-order valence-electron chi connectivity index (χ4n) is 2.15. The summed E-state index contributed by atoms with van der Waals surface area (Å²) >= 11 is 5.66. The lowest BCUT2D eigenvalue weighted by Gasteiger charge is -2.15. The predicted octanol–water partition coefficient (Wildman–Crippen LogP) is 3.89. The van der Waals surface area contributed by atoms with Gasteiger partial charge in [0.25, 0.3) is 11.6 Å². The van der Waals surface area contributed by atoms with Crippen molar-refractivity contribution in [2.75, 3.05) is 16.3 Å². The molecule has 0 saturated heterocycles. The van der Waals surface area contributed by atoms with E-state index >= 15 is 0 Å². The van der Waals surface area contributed by atoms with E-state index in [0.29, 0.717) is 12.1 Å². The first kappa shape index (κ1) is 21.4. The van der Waals surface area contributed by atoms with E-state index in [1.807, 2.05) is 4.72 Å². The number of hydrogen-bond donors (Lipinski definition) is 2. The molecule has 0 unspecified atom stereocenters. The second kappa shape index (κ2) is 7.64. The van der Waals surface area contributed by atoms with Crippen molar-refractivity contribution in [2.24, 2.45) is 0 Å². The second-order valence-corrected chi connectivity index (χ2v) is 7.69. The summed E-state index contributed by atoms with van der Waals surface area (Å²) in [4.78, 5) is 22.6. The maximum absolute atomic E-state index is 13.0. The third kappa shape index (κ3) is 5.33. The summed E-state index contributed by atoms with van der Waals surface area (Å²) in [7, 11) is -3.88. The van der Waals surface area contributed by atoms with Gasteiger partial charge < -0.3 is 5.32 Å². The number of nitrogens with zero attached hydrogens (tertiary/aromatic N) is 1. The SMILES string of the molecule is CS(=O)(=O)Nc1ccc(C(F)(F)F)cc1NC(=O)c1ccc(Cl)cc1[N+](=O)[O-]. The highest BCUT2D eigenvalue weighted by atomic mass is 35.5. The van der Waals surface area contributed by atoms with Gasteiger partial charge in [0.15, 0.2) is 0 Å². The molecule has 0 atom stereocenters. The number of nitro benzene ring substituents is 1. The van der Waals surface area contributed by atoms with Gasteiger partial charge in [-0.2, -0.15) is 13.2 Å². The minimum absolute atomic E-state index is 0.0262. The van der Waals surface area contributed by atoms with Gasteiger partial charge in [0.1, 0.15) is 5.56 Å². The van der Waals surface area contributed by atoms with Crippen LogP contribution in [0.3, 0.4) is 0 Å². The Morgan fingerprint density at radius 3 is 2.32 bits per heavy atom. The van der Waals surface area contributed by atoms with E-state index in [4.69, 9.17) is 11.6 Å². The molecule has 0 aliphatic heterocycles. The number of amides is 1. The molecule has 0 radical (unpaired) electrons. The van der Waals surface area contributed by atoms with Gasteiger partial charge in [0.05, 0.1) is 28.1 Å². The van der Waals surface area contributed by atoms with E-state index in [-0.39, 0.29) is 10.7 Å². The summed E-state index contributed by atoms with van der Waals surface area (Å²) in [6.45, 7) is 0. The number of halogens is 4. The Morgan fingerprint density at radius 2 is 1.79 bits per heavy atom. The third-order valence-electron chi connectivity index (χ3n) is 3.29. The van der Waals surface area contributed by atoms with Crippen LogP contribution in [0, 0.1) is 10.1 Å². The molecule has 2 aromatic carbocycles. The molecule has 2 N–H and O–H groups in total. The molecular formula is C15H11ClF3N3O5S. The number of benzene rings is 2. The van der Waals surface area contributed by atoms with E-state index in [0.717, 1.165) is 24.5 Å². The first-order chi connectivity index (χ1) is 12.8. The predicted molar refractivity (Wildman–Crippen MR) is 96.0 cm³/mol. The highest BCUT2D eigenvalue weighted by Crippen LogP contribution is 2.35. The van der Waals surface area contributed by atoms with Gasteiger partial charge in [-0.25, -0.2) is 8.42 Å². The number of carbonyl (C=O) groups excluding carboxylic acids is 1. The van der Waals surface area contributed by atoms with Crippen molar-refractivity contribution in [1.82, 2.24) is 0 Å². The van der Waals surface area contributed by atoms with Crippen molar-refractivity contribution in [3.8, 4) is 0 Å². The molecule has 0 fully saturated rings. The van der Waals surface area contributed by atoms with Crippen LogP contribution in [0.25, 0.3) is 0 Å². The molecule has 1 amide bonds. The van der Waals surface area contributed by atoms with Crippen LogP contribution in [-0.2, 0) is 16.2 Å². The van der Waals surface area contributed by atoms with Gasteiger partial charge in [0.2, 0.25) is 10.0 Å². The number of alkyl halides is 3. The summed E-state index contributed by atoms with van der Waals surface area (Å²) in [6, 6.07) is 5.05. The number of carbonyl (C=O) groups is 1. The molecule has 150 valence electrons. The quantitative estimate of drug-likeness (QED) is 0.543. The first-order valence-electron chi connectivity index (χ1n) is 7.22. The molecule has 2 rings (SSSR count). The monoisotopic (exact) mass is 437 g/mol. The lowest BCUT2D eigenvalue weighted by molar-refractivity contribution is -0.385. The van der Waals surface area contributed by atoms with E-state index in [1.165, 1.54) is 6.07 Å². The zero-order chi connectivity index (χ0) is 21.3. The standard InChI is InChI=1S/C15H11ClF3N3O5S/c1-28(26,27)21-11-5-2-8(15(17,18)19)6-12(11)20-14(23)10-4-3-9(16)7-13(10)22(24)25/h2-7,21H,1H3,(H,20,23). The fourth-order valence-corrected chi connectivity index (χ4v) is 2.89. The van der Waals surface area contributed by atoms with Gasteiger partial charge >= 0.3 is 6.18 Å². The Morgan fingerprint density at radius 1 is 1.14 bits per heavy atom. The fraction of sp³-hybridized carbons (Fsp3) is 0.133. The molecule has 0 heterocycles. The van der Waals surface area contributed by atoms with Gasteiger partial charge in [-0.1, -0.05) is 11.6 Å². The maximum atomic E-state index is 13.0. The van der Waals surface area contributed by atoms with E-state index in [2.05, 4.69) is 5.32 Å². The highest BCUT2D eigenvalue weighted by molar-refractivity contribution is 7.92. The number of hydrogen-bond acceptors (Lipinski definition) is 5. The molecule has 8 nitrogen and oxygen atoms in total. The largest absolute Gasteiger partial charge is 0.416 e. The van der Waals surface area contributed by atoms with Gasteiger partial charge in [-0.15, -0.1) is 0 Å². The number of nitrogens with one attached hydrogen (secondary N) is 2. The van der Waals surface area contributed by atoms with Crippen LogP contribution in [-0.4, -0.2) is 25.5 Å². The van der Waals surface area contributed by atoms with Crippen LogP contribution < -0.4 is 10.0 Å². The molecule has 0 saturated carbocycles. The maximum Gasteiger partial charge on any atom is 0.416 e. The van der Waals surface area contributed by atoms with Crippen molar-refractivity contribution in [3.63, 3.8) is 0 Å². The zero-order valence-corrected chi connectivity index (χ0v) is 15.4. The number of nitro groups is 1. The first-order valence-corrected chi connectivity index (χ1v) is 9.49. The average Bonchev–Trinajstić information content (AvgIpc) is 2.53. The minimum atomic E-state index is -4.77. The zero-order valence-electron chi connectivity index (χ0n) is 13.9. The molecule has 2 aromatic rings. The summed E-state index contributed by atoms with van der Waals surface area (Å²) < 4.78 is 63.7. The van der Waals surface area contributed by atoms with E-state index in [9.17, 15) is 36.5 Å². The summed E-state index contributed by atoms with van der Waals surface area (Å²) in [5.41, 5.74) is -3.19. The lowest BCUT2D eigenvalue weighted by atomic mass is 10.1. The third-order valence-corrected chi connectivity index (χ3v) is 4.12. The lowest BCUT2D eigenvalue weighted by Crippen LogP contribution is -2.18. The molecule has 0 aliphatic rings. The van der Waals surface area contributed by atoms with Crippen LogP contribution in [0.1, 0.15) is 15.9 Å². The van der Waals surface area contributed by atoms with Crippen LogP contribution in [0.15, 0.2) is 36.4 Å². The Bertz CT molecular complexity index is 1060. The number of rotatable bonds is 5. The molecule has 0 bridgehead atoms. The molecule has 13 heteroatoms. The van der Waals surface area contributed by atoms with Crippen molar-refractivity contribution < 1.29 is 31.3 Å². The van der Waals surface area contributed by atoms with Crippen molar-refractivity contribution in [3.05, 3.63) is 62.7 Å². The van der Waals surface area contributed by atoms with Crippen molar-refractivity contribution in [1.29, 1.82) is 0 Å². The smallest absolute Gasteiger partial charge is 0.320 e. The van der Waals surface area contributed by atoms with Crippen LogP contribution in [0.4, 0.5) is 30.2 Å². The van der Waals surface area contributed by atoms with Crippen molar-refractivity contribution >= 4 is 44.6 Å². The van der Waals surface area contributed by atoms with E-state index < -0.39 is 49.5 Å². The molecule has 0 spiro atoms. The Labute approximate surface area is 161 Å². The van der Waals surface area contributed by atoms with Crippen LogP contribution >= 0.6 is 11.6 Å². The van der Waals surface area contributed by atoms with Gasteiger partial charge in [-0.05, 0) is 30.3 Å². The topological polar surface area (TPSA) is 118 Å². The normalized spacial score (nSPS) is 11.8. The van der Waals surface area contributed by atoms with Crippen LogP contribution in [0.2, 0.25) is 5.02 Å². The summed E-state index contributed by atoms with van der Waals surface area (Å²) in [5.74, 6) is -1.13. The summed E-state index contributed by atoms with van der Waals surface area (Å²) in [6.07, 6.45) is -4.00. The number of anilines is 2.